The first-order valence-electron chi connectivity index (χ1n) is 11.9. The van der Waals surface area contributed by atoms with E-state index < -0.39 is 0 Å². The second-order valence-electron chi connectivity index (χ2n) is 8.02. The molecule has 4 rings (SSSR count). The summed E-state index contributed by atoms with van der Waals surface area (Å²) < 4.78 is 6.65. The zero-order valence-corrected chi connectivity index (χ0v) is 20.8. The van der Waals surface area contributed by atoms with Crippen LogP contribution in [0.2, 0.25) is 0 Å². The minimum Gasteiger partial charge on any atom is -0.496 e. The van der Waals surface area contributed by atoms with E-state index >= 15 is 0 Å². The Hall–Kier alpha value is -4.46. The van der Waals surface area contributed by atoms with Gasteiger partial charge in [-0.2, -0.15) is 9.67 Å². The van der Waals surface area contributed by atoms with Gasteiger partial charge in [0, 0.05) is 54.9 Å². The number of hydrogen-bond acceptors (Lipinski definition) is 7. The van der Waals surface area contributed by atoms with Gasteiger partial charge in [-0.25, -0.2) is 0 Å². The highest BCUT2D eigenvalue weighted by atomic mass is 16.5. The first-order valence-corrected chi connectivity index (χ1v) is 11.9. The lowest BCUT2D eigenvalue weighted by atomic mass is 10.2. The minimum atomic E-state index is -0.331. The van der Waals surface area contributed by atoms with Crippen LogP contribution in [0.3, 0.4) is 0 Å². The summed E-state index contributed by atoms with van der Waals surface area (Å²) in [7, 11) is 1.60. The van der Waals surface area contributed by atoms with Gasteiger partial charge in [-0.1, -0.05) is 30.3 Å². The van der Waals surface area contributed by atoms with Gasteiger partial charge in [0.2, 0.25) is 5.95 Å². The standard InChI is InChI=1S/C28H30N6O2/c1-4-33(5-2)24-15-12-21(13-16-24)19-30-28-31-27(23-10-8-18-29-20-23)32-34(28)26(35)17-14-22-9-6-7-11-25(22)36-3/h6-18,20H,4-5,19H2,1-3H3,(H,30,31,32). The van der Waals surface area contributed by atoms with Crippen molar-refractivity contribution in [1.82, 2.24) is 19.7 Å². The molecule has 0 atom stereocenters. The molecule has 8 heteroatoms. The molecule has 1 N–H and O–H groups in total. The van der Waals surface area contributed by atoms with E-state index in [4.69, 9.17) is 4.74 Å². The summed E-state index contributed by atoms with van der Waals surface area (Å²) in [6, 6.07) is 19.5. The summed E-state index contributed by atoms with van der Waals surface area (Å²) in [5.74, 6) is 1.13. The van der Waals surface area contributed by atoms with Crippen LogP contribution in [0, 0.1) is 0 Å². The fourth-order valence-corrected chi connectivity index (χ4v) is 3.83. The summed E-state index contributed by atoms with van der Waals surface area (Å²) in [5, 5.41) is 7.75. The molecule has 2 aromatic carbocycles. The molecule has 2 heterocycles. The Bertz CT molecular complexity index is 1310. The first-order chi connectivity index (χ1) is 17.6. The number of pyridine rings is 1. The molecular weight excluding hydrogens is 452 g/mol. The fraction of sp³-hybridized carbons (Fsp3) is 0.214. The Morgan fingerprint density at radius 1 is 1.06 bits per heavy atom. The highest BCUT2D eigenvalue weighted by molar-refractivity contribution is 5.95. The molecule has 0 amide bonds. The van der Waals surface area contributed by atoms with E-state index in [9.17, 15) is 4.79 Å². The molecule has 4 aromatic rings. The third kappa shape index (κ3) is 5.78. The molecule has 8 nitrogen and oxygen atoms in total. The Morgan fingerprint density at radius 3 is 2.53 bits per heavy atom. The minimum absolute atomic E-state index is 0.331. The molecule has 0 radical (unpaired) electrons. The molecule has 184 valence electrons. The van der Waals surface area contributed by atoms with Gasteiger partial charge in [-0.05, 0) is 55.8 Å². The van der Waals surface area contributed by atoms with E-state index in [1.807, 2.05) is 36.4 Å². The van der Waals surface area contributed by atoms with E-state index in [1.54, 1.807) is 25.6 Å². The van der Waals surface area contributed by atoms with Crippen LogP contribution < -0.4 is 15.0 Å². The molecule has 0 aliphatic carbocycles. The zero-order valence-electron chi connectivity index (χ0n) is 20.8. The van der Waals surface area contributed by atoms with Crippen molar-refractivity contribution in [2.24, 2.45) is 0 Å². The van der Waals surface area contributed by atoms with Crippen LogP contribution in [0.15, 0.2) is 79.1 Å². The third-order valence-electron chi connectivity index (χ3n) is 5.80. The van der Waals surface area contributed by atoms with Crippen LogP contribution in [0.5, 0.6) is 5.75 Å². The number of ether oxygens (including phenoxy) is 1. The number of methoxy groups -OCH3 is 1. The van der Waals surface area contributed by atoms with Gasteiger partial charge in [0.1, 0.15) is 5.75 Å². The SMILES string of the molecule is CCN(CC)c1ccc(CNc2nc(-c3cccnc3)nn2C(=O)C=Cc2ccccc2OC)cc1. The second kappa shape index (κ2) is 11.8. The van der Waals surface area contributed by atoms with E-state index in [1.165, 1.54) is 16.4 Å². The van der Waals surface area contributed by atoms with Crippen molar-refractivity contribution in [2.75, 3.05) is 30.4 Å². The third-order valence-corrected chi connectivity index (χ3v) is 5.80. The molecular formula is C28H30N6O2. The summed E-state index contributed by atoms with van der Waals surface area (Å²) >= 11 is 0. The monoisotopic (exact) mass is 482 g/mol. The van der Waals surface area contributed by atoms with Gasteiger partial charge >= 0.3 is 0 Å². The molecule has 36 heavy (non-hydrogen) atoms. The van der Waals surface area contributed by atoms with Gasteiger partial charge in [-0.15, -0.1) is 5.10 Å². The Labute approximate surface area is 211 Å². The van der Waals surface area contributed by atoms with E-state index in [2.05, 4.69) is 63.4 Å². The highest BCUT2D eigenvalue weighted by Crippen LogP contribution is 2.21. The molecule has 2 aromatic heterocycles. The smallest absolute Gasteiger partial charge is 0.274 e. The van der Waals surface area contributed by atoms with E-state index in [-0.39, 0.29) is 5.91 Å². The first kappa shape index (κ1) is 24.7. The summed E-state index contributed by atoms with van der Waals surface area (Å²) in [6.45, 7) is 6.70. The largest absolute Gasteiger partial charge is 0.496 e. The fourth-order valence-electron chi connectivity index (χ4n) is 3.83. The molecule has 0 saturated heterocycles. The summed E-state index contributed by atoms with van der Waals surface area (Å²) in [6.07, 6.45) is 6.53. The average molecular weight is 483 g/mol. The number of anilines is 2. The zero-order chi connectivity index (χ0) is 25.3. The van der Waals surface area contributed by atoms with Crippen LogP contribution in [0.1, 0.15) is 29.8 Å². The second-order valence-corrected chi connectivity index (χ2v) is 8.02. The van der Waals surface area contributed by atoms with Crippen LogP contribution in [0.4, 0.5) is 11.6 Å². The number of rotatable bonds is 10. The number of hydrogen-bond donors (Lipinski definition) is 1. The maximum absolute atomic E-state index is 13.2. The number of para-hydroxylation sites is 1. The van der Waals surface area contributed by atoms with Gasteiger partial charge in [0.25, 0.3) is 5.91 Å². The maximum atomic E-state index is 13.2. The molecule has 0 aliphatic heterocycles. The van der Waals surface area contributed by atoms with Crippen molar-refractivity contribution in [1.29, 1.82) is 0 Å². The summed E-state index contributed by atoms with van der Waals surface area (Å²) in [4.78, 5) is 24.2. The lowest BCUT2D eigenvalue weighted by Gasteiger charge is -2.21. The van der Waals surface area contributed by atoms with Crippen molar-refractivity contribution in [3.63, 3.8) is 0 Å². The van der Waals surface area contributed by atoms with Gasteiger partial charge in [0.05, 0.1) is 7.11 Å². The van der Waals surface area contributed by atoms with Crippen molar-refractivity contribution < 1.29 is 9.53 Å². The van der Waals surface area contributed by atoms with E-state index in [0.717, 1.165) is 29.8 Å². The van der Waals surface area contributed by atoms with Crippen molar-refractivity contribution in [3.8, 4) is 17.1 Å². The van der Waals surface area contributed by atoms with Crippen LogP contribution >= 0.6 is 0 Å². The highest BCUT2D eigenvalue weighted by Gasteiger charge is 2.16. The molecule has 0 spiro atoms. The number of allylic oxidation sites excluding steroid dienone is 1. The number of carbonyl (C=O) groups is 1. The molecule has 0 aliphatic rings. The maximum Gasteiger partial charge on any atom is 0.274 e. The normalized spacial score (nSPS) is 11.0. The molecule has 0 saturated carbocycles. The number of nitrogens with zero attached hydrogens (tertiary/aromatic N) is 5. The number of carbonyl (C=O) groups excluding carboxylic acids is 1. The Kier molecular flexibility index (Phi) is 8.08. The van der Waals surface area contributed by atoms with Crippen molar-refractivity contribution in [3.05, 3.63) is 90.3 Å². The van der Waals surface area contributed by atoms with Crippen LogP contribution in [-0.4, -0.2) is 45.9 Å². The lowest BCUT2D eigenvalue weighted by Crippen LogP contribution is -2.21. The van der Waals surface area contributed by atoms with Gasteiger partial charge in [-0.3, -0.25) is 9.78 Å². The summed E-state index contributed by atoms with van der Waals surface area (Å²) in [5.41, 5.74) is 3.77. The predicted molar refractivity (Wildman–Crippen MR) is 143 cm³/mol. The average Bonchev–Trinajstić information content (AvgIpc) is 3.37. The number of benzene rings is 2. The quantitative estimate of drug-likeness (QED) is 0.313. The predicted octanol–water partition coefficient (Wildman–Crippen LogP) is 5.16. The Morgan fingerprint density at radius 2 is 1.83 bits per heavy atom. The van der Waals surface area contributed by atoms with Gasteiger partial charge < -0.3 is 15.0 Å². The van der Waals surface area contributed by atoms with Gasteiger partial charge in [0.15, 0.2) is 5.82 Å². The van der Waals surface area contributed by atoms with Crippen molar-refractivity contribution >= 4 is 23.6 Å². The number of nitrogens with one attached hydrogen (secondary N) is 1. The van der Waals surface area contributed by atoms with Crippen LogP contribution in [-0.2, 0) is 6.54 Å². The Balaban J connectivity index is 1.58. The van der Waals surface area contributed by atoms with E-state index in [0.29, 0.717) is 24.1 Å². The molecule has 0 bridgehead atoms. The molecule has 0 unspecified atom stereocenters. The topological polar surface area (TPSA) is 85.2 Å². The van der Waals surface area contributed by atoms with Crippen molar-refractivity contribution in [2.45, 2.75) is 20.4 Å². The number of aromatic nitrogens is 4. The lowest BCUT2D eigenvalue weighted by molar-refractivity contribution is 0.0957. The molecule has 0 fully saturated rings. The van der Waals surface area contributed by atoms with Crippen LogP contribution in [0.25, 0.3) is 17.5 Å².